The van der Waals surface area contributed by atoms with Crippen molar-refractivity contribution < 1.29 is 19.6 Å². The first-order chi connectivity index (χ1) is 9.23. The van der Waals surface area contributed by atoms with Crippen molar-refractivity contribution in [3.8, 4) is 0 Å². The van der Waals surface area contributed by atoms with Crippen molar-refractivity contribution in [1.29, 1.82) is 0 Å². The fourth-order valence-corrected chi connectivity index (χ4v) is 1.73. The third-order valence-electron chi connectivity index (χ3n) is 2.84. The number of rotatable bonds is 6. The van der Waals surface area contributed by atoms with Gasteiger partial charge in [0.05, 0.1) is 10.8 Å². The van der Waals surface area contributed by atoms with E-state index in [2.05, 4.69) is 0 Å². The van der Waals surface area contributed by atoms with Crippen molar-refractivity contribution in [1.82, 2.24) is 0 Å². The molecule has 8 nitrogen and oxygen atoms in total. The summed E-state index contributed by atoms with van der Waals surface area (Å²) < 4.78 is 0. The second kappa shape index (κ2) is 6.00. The van der Waals surface area contributed by atoms with Gasteiger partial charge < -0.3 is 15.7 Å². The van der Waals surface area contributed by atoms with Gasteiger partial charge in [-0.15, -0.1) is 0 Å². The number of hydrogen-bond acceptors (Lipinski definition) is 5. The van der Waals surface area contributed by atoms with Crippen LogP contribution >= 0.6 is 0 Å². The van der Waals surface area contributed by atoms with Gasteiger partial charge >= 0.3 is 5.97 Å². The zero-order valence-electron chi connectivity index (χ0n) is 11.1. The topological polar surface area (TPSA) is 127 Å². The quantitative estimate of drug-likeness (QED) is 0.587. The maximum Gasteiger partial charge on any atom is 0.308 e. The van der Waals surface area contributed by atoms with E-state index in [9.17, 15) is 19.7 Å². The van der Waals surface area contributed by atoms with E-state index >= 15 is 0 Å². The van der Waals surface area contributed by atoms with Crippen LogP contribution in [0.1, 0.15) is 17.3 Å². The number of aliphatic carboxylic acids is 1. The lowest BCUT2D eigenvalue weighted by Crippen LogP contribution is -2.29. The van der Waals surface area contributed by atoms with Crippen molar-refractivity contribution in [2.75, 3.05) is 18.5 Å². The van der Waals surface area contributed by atoms with Gasteiger partial charge in [0, 0.05) is 25.2 Å². The summed E-state index contributed by atoms with van der Waals surface area (Å²) in [7, 11) is 1.55. The Morgan fingerprint density at radius 1 is 1.50 bits per heavy atom. The molecule has 3 N–H and O–H groups in total. The van der Waals surface area contributed by atoms with Crippen LogP contribution in [0.5, 0.6) is 0 Å². The summed E-state index contributed by atoms with van der Waals surface area (Å²) in [5.74, 6) is -2.44. The minimum Gasteiger partial charge on any atom is -0.481 e. The van der Waals surface area contributed by atoms with E-state index in [1.165, 1.54) is 24.0 Å². The SMILES string of the molecule is CC(CN(C)c1ccc(C(N)=O)cc1[N+](=O)[O-])C(=O)O. The molecule has 0 aliphatic carbocycles. The minimum absolute atomic E-state index is 0.0279. The van der Waals surface area contributed by atoms with E-state index in [0.717, 1.165) is 6.07 Å². The van der Waals surface area contributed by atoms with Crippen LogP contribution in [0.2, 0.25) is 0 Å². The van der Waals surface area contributed by atoms with Gasteiger partial charge in [0.15, 0.2) is 0 Å². The smallest absolute Gasteiger partial charge is 0.308 e. The lowest BCUT2D eigenvalue weighted by Gasteiger charge is -2.21. The molecule has 1 amide bonds. The fraction of sp³-hybridized carbons (Fsp3) is 0.333. The third kappa shape index (κ3) is 3.44. The summed E-state index contributed by atoms with van der Waals surface area (Å²) in [4.78, 5) is 33.7. The number of benzene rings is 1. The number of nitrogens with two attached hydrogens (primary N) is 1. The first-order valence-electron chi connectivity index (χ1n) is 5.76. The van der Waals surface area contributed by atoms with Gasteiger partial charge in [-0.25, -0.2) is 0 Å². The van der Waals surface area contributed by atoms with Gasteiger partial charge in [0.2, 0.25) is 5.91 Å². The summed E-state index contributed by atoms with van der Waals surface area (Å²) in [5, 5.41) is 19.9. The van der Waals surface area contributed by atoms with Crippen LogP contribution < -0.4 is 10.6 Å². The Bertz CT molecular complexity index is 558. The molecule has 0 aliphatic rings. The number of primary amides is 1. The molecule has 1 unspecified atom stereocenters. The van der Waals surface area contributed by atoms with Crippen molar-refractivity contribution >= 4 is 23.3 Å². The highest BCUT2D eigenvalue weighted by atomic mass is 16.6. The maximum absolute atomic E-state index is 11.0. The van der Waals surface area contributed by atoms with Crippen LogP contribution in [-0.2, 0) is 4.79 Å². The predicted octanol–water partition coefficient (Wildman–Crippen LogP) is 0.851. The molecule has 0 saturated carbocycles. The van der Waals surface area contributed by atoms with Gasteiger partial charge in [-0.1, -0.05) is 6.92 Å². The molecule has 0 fully saturated rings. The summed E-state index contributed by atoms with van der Waals surface area (Å²) >= 11 is 0. The molecular formula is C12H15N3O5. The number of hydrogen-bond donors (Lipinski definition) is 2. The molecule has 1 rings (SSSR count). The number of nitro benzene ring substituents is 1. The maximum atomic E-state index is 11.0. The molecule has 108 valence electrons. The summed E-state index contributed by atoms with van der Waals surface area (Å²) in [6.45, 7) is 1.61. The number of anilines is 1. The number of nitro groups is 1. The molecule has 0 saturated heterocycles. The Hall–Kier alpha value is -2.64. The monoisotopic (exact) mass is 281 g/mol. The van der Waals surface area contributed by atoms with Crippen molar-refractivity contribution in [3.63, 3.8) is 0 Å². The minimum atomic E-state index is -0.992. The van der Waals surface area contributed by atoms with Crippen LogP contribution in [0.3, 0.4) is 0 Å². The first kappa shape index (κ1) is 15.4. The number of carboxylic acid groups (broad SMARTS) is 1. The van der Waals surface area contributed by atoms with E-state index in [0.29, 0.717) is 0 Å². The van der Waals surface area contributed by atoms with Crippen LogP contribution in [0, 0.1) is 16.0 Å². The van der Waals surface area contributed by atoms with Crippen LogP contribution in [0.4, 0.5) is 11.4 Å². The highest BCUT2D eigenvalue weighted by Gasteiger charge is 2.22. The van der Waals surface area contributed by atoms with E-state index in [1.807, 2.05) is 0 Å². The summed E-state index contributed by atoms with van der Waals surface area (Å²) in [6, 6.07) is 3.83. The summed E-state index contributed by atoms with van der Waals surface area (Å²) in [6.07, 6.45) is 0. The van der Waals surface area contributed by atoms with Gasteiger partial charge in [0.25, 0.3) is 5.69 Å². The fourth-order valence-electron chi connectivity index (χ4n) is 1.73. The molecule has 1 atom stereocenters. The predicted molar refractivity (Wildman–Crippen MR) is 71.7 cm³/mol. The van der Waals surface area contributed by atoms with Crippen LogP contribution in [-0.4, -0.2) is 35.5 Å². The molecule has 0 aromatic heterocycles. The second-order valence-corrected chi connectivity index (χ2v) is 4.44. The average Bonchev–Trinajstić information content (AvgIpc) is 2.37. The standard InChI is InChI=1S/C12H15N3O5/c1-7(12(17)18)6-14(2)9-4-3-8(11(13)16)5-10(9)15(19)20/h3-5,7H,6H2,1-2H3,(H2,13,16)(H,17,18). The zero-order chi connectivity index (χ0) is 15.4. The average molecular weight is 281 g/mol. The molecule has 1 aromatic carbocycles. The molecular weight excluding hydrogens is 266 g/mol. The summed E-state index contributed by atoms with van der Waals surface area (Å²) in [5.41, 5.74) is 5.04. The highest BCUT2D eigenvalue weighted by Crippen LogP contribution is 2.28. The molecule has 0 spiro atoms. The lowest BCUT2D eigenvalue weighted by atomic mass is 10.1. The first-order valence-corrected chi connectivity index (χ1v) is 5.76. The van der Waals surface area contributed by atoms with Gasteiger partial charge in [-0.2, -0.15) is 0 Å². The Morgan fingerprint density at radius 2 is 2.10 bits per heavy atom. The van der Waals surface area contributed by atoms with Crippen LogP contribution in [0.15, 0.2) is 18.2 Å². The van der Waals surface area contributed by atoms with Crippen molar-refractivity contribution in [2.45, 2.75) is 6.92 Å². The van der Waals surface area contributed by atoms with E-state index < -0.39 is 22.7 Å². The van der Waals surface area contributed by atoms with Crippen molar-refractivity contribution in [2.24, 2.45) is 11.7 Å². The van der Waals surface area contributed by atoms with Crippen molar-refractivity contribution in [3.05, 3.63) is 33.9 Å². The van der Waals surface area contributed by atoms with Gasteiger partial charge in [0.1, 0.15) is 5.69 Å². The zero-order valence-corrected chi connectivity index (χ0v) is 11.1. The lowest BCUT2D eigenvalue weighted by molar-refractivity contribution is -0.384. The van der Waals surface area contributed by atoms with E-state index in [1.54, 1.807) is 7.05 Å². The third-order valence-corrected chi connectivity index (χ3v) is 2.84. The Morgan fingerprint density at radius 3 is 2.55 bits per heavy atom. The Balaban J connectivity index is 3.14. The second-order valence-electron chi connectivity index (χ2n) is 4.44. The molecule has 0 bridgehead atoms. The highest BCUT2D eigenvalue weighted by molar-refractivity contribution is 5.94. The number of carboxylic acids is 1. The van der Waals surface area contributed by atoms with E-state index in [4.69, 9.17) is 10.8 Å². The number of carbonyl (C=O) groups is 2. The Kier molecular flexibility index (Phi) is 4.63. The molecule has 0 aliphatic heterocycles. The molecule has 0 radical (unpaired) electrons. The molecule has 0 heterocycles. The number of carbonyl (C=O) groups excluding carboxylic acids is 1. The van der Waals surface area contributed by atoms with E-state index in [-0.39, 0.29) is 23.5 Å². The molecule has 1 aromatic rings. The normalized spacial score (nSPS) is 11.7. The largest absolute Gasteiger partial charge is 0.481 e. The number of amides is 1. The van der Waals surface area contributed by atoms with Gasteiger partial charge in [-0.05, 0) is 12.1 Å². The molecule has 8 heteroatoms. The Labute approximate surface area is 114 Å². The van der Waals surface area contributed by atoms with Crippen LogP contribution in [0.25, 0.3) is 0 Å². The number of nitrogens with zero attached hydrogens (tertiary/aromatic N) is 2. The molecule has 20 heavy (non-hydrogen) atoms. The van der Waals surface area contributed by atoms with Gasteiger partial charge in [-0.3, -0.25) is 19.7 Å².